The number of carbonyl (C=O) groups is 1. The van der Waals surface area contributed by atoms with Crippen molar-refractivity contribution in [3.05, 3.63) is 41.6 Å². The highest BCUT2D eigenvalue weighted by molar-refractivity contribution is 7.98. The number of rotatable bonds is 1. The Labute approximate surface area is 96.9 Å². The number of hydrogen-bond acceptors (Lipinski definition) is 4. The van der Waals surface area contributed by atoms with Gasteiger partial charge in [-0.25, -0.2) is 4.98 Å². The van der Waals surface area contributed by atoms with E-state index in [0.717, 1.165) is 5.03 Å². The quantitative estimate of drug-likeness (QED) is 0.600. The molecule has 0 N–H and O–H groups in total. The van der Waals surface area contributed by atoms with Crippen molar-refractivity contribution in [3.63, 3.8) is 0 Å². The molecule has 1 aliphatic carbocycles. The molecular formula is C12H8N2OS. The van der Waals surface area contributed by atoms with Gasteiger partial charge in [-0.15, -0.1) is 11.8 Å². The van der Waals surface area contributed by atoms with Gasteiger partial charge in [0.05, 0.1) is 16.2 Å². The van der Waals surface area contributed by atoms with Gasteiger partial charge in [0.1, 0.15) is 11.4 Å². The number of nitrogens with zero attached hydrogens (tertiary/aromatic N) is 2. The minimum absolute atomic E-state index is 0.0262. The largest absolute Gasteiger partial charge is 0.288 e. The lowest BCUT2D eigenvalue weighted by Crippen LogP contribution is -1.95. The predicted octanol–water partition coefficient (Wildman–Crippen LogP) is 2.41. The third-order valence-electron chi connectivity index (χ3n) is 2.60. The van der Waals surface area contributed by atoms with E-state index in [2.05, 4.69) is 9.97 Å². The standard InChI is InChI=1S/C12H8N2OS/c1-16-9-5-4-8-11(14-9)10-7(12(8)15)3-2-6-13-10/h2-6H,1H3. The number of aromatic nitrogens is 2. The fraction of sp³-hybridized carbons (Fsp3) is 0.0833. The van der Waals surface area contributed by atoms with Gasteiger partial charge in [0, 0.05) is 6.20 Å². The summed E-state index contributed by atoms with van der Waals surface area (Å²) in [4.78, 5) is 20.7. The molecule has 0 aromatic carbocycles. The molecule has 0 saturated heterocycles. The number of fused-ring (bicyclic) bond motifs is 3. The maximum atomic E-state index is 12.0. The van der Waals surface area contributed by atoms with Gasteiger partial charge in [0.15, 0.2) is 5.78 Å². The van der Waals surface area contributed by atoms with E-state index in [-0.39, 0.29) is 5.78 Å². The zero-order valence-electron chi connectivity index (χ0n) is 8.60. The van der Waals surface area contributed by atoms with E-state index in [1.165, 1.54) is 0 Å². The molecule has 0 saturated carbocycles. The van der Waals surface area contributed by atoms with Crippen molar-refractivity contribution in [2.45, 2.75) is 5.03 Å². The summed E-state index contributed by atoms with van der Waals surface area (Å²) >= 11 is 1.56. The van der Waals surface area contributed by atoms with Crippen molar-refractivity contribution in [1.82, 2.24) is 9.97 Å². The topological polar surface area (TPSA) is 42.9 Å². The van der Waals surface area contributed by atoms with Crippen LogP contribution in [0.2, 0.25) is 0 Å². The summed E-state index contributed by atoms with van der Waals surface area (Å²) in [5.74, 6) is 0.0262. The molecule has 2 aromatic rings. The van der Waals surface area contributed by atoms with Crippen molar-refractivity contribution in [3.8, 4) is 11.4 Å². The van der Waals surface area contributed by atoms with Gasteiger partial charge in [-0.3, -0.25) is 9.78 Å². The summed E-state index contributed by atoms with van der Waals surface area (Å²) in [6, 6.07) is 7.27. The van der Waals surface area contributed by atoms with E-state index in [1.807, 2.05) is 18.4 Å². The van der Waals surface area contributed by atoms with Crippen LogP contribution in [0.1, 0.15) is 15.9 Å². The summed E-state index contributed by atoms with van der Waals surface area (Å²) in [6.07, 6.45) is 3.65. The number of pyridine rings is 2. The predicted molar refractivity (Wildman–Crippen MR) is 62.7 cm³/mol. The Morgan fingerprint density at radius 1 is 1.12 bits per heavy atom. The first kappa shape index (κ1) is 9.54. The molecule has 0 aliphatic heterocycles. The van der Waals surface area contributed by atoms with Gasteiger partial charge < -0.3 is 0 Å². The number of hydrogen-bond donors (Lipinski definition) is 0. The second-order valence-corrected chi connectivity index (χ2v) is 4.30. The molecular weight excluding hydrogens is 220 g/mol. The molecule has 0 unspecified atom stereocenters. The van der Waals surface area contributed by atoms with E-state index in [0.29, 0.717) is 22.5 Å². The molecule has 0 spiro atoms. The van der Waals surface area contributed by atoms with E-state index in [1.54, 1.807) is 30.1 Å². The lowest BCUT2D eigenvalue weighted by Gasteiger charge is -1.99. The summed E-state index contributed by atoms with van der Waals surface area (Å²) in [5, 5.41) is 0.907. The molecule has 1 aliphatic rings. The first-order chi connectivity index (χ1) is 7.81. The third kappa shape index (κ3) is 1.20. The van der Waals surface area contributed by atoms with E-state index in [9.17, 15) is 4.79 Å². The maximum absolute atomic E-state index is 12.0. The Morgan fingerprint density at radius 2 is 1.94 bits per heavy atom. The van der Waals surface area contributed by atoms with Crippen molar-refractivity contribution in [1.29, 1.82) is 0 Å². The van der Waals surface area contributed by atoms with Crippen LogP contribution >= 0.6 is 11.8 Å². The molecule has 2 heterocycles. The third-order valence-corrected chi connectivity index (χ3v) is 3.25. The SMILES string of the molecule is CSc1ccc2c(n1)-c1ncccc1C2=O. The van der Waals surface area contributed by atoms with Gasteiger partial charge in [0.2, 0.25) is 0 Å². The molecule has 16 heavy (non-hydrogen) atoms. The van der Waals surface area contributed by atoms with E-state index >= 15 is 0 Å². The normalized spacial score (nSPS) is 12.4. The number of ketones is 1. The number of thioether (sulfide) groups is 1. The second kappa shape index (κ2) is 3.42. The van der Waals surface area contributed by atoms with Gasteiger partial charge in [-0.1, -0.05) is 0 Å². The zero-order chi connectivity index (χ0) is 11.1. The first-order valence-electron chi connectivity index (χ1n) is 4.86. The Balaban J connectivity index is 2.31. The fourth-order valence-corrected chi connectivity index (χ4v) is 2.23. The Bertz CT molecular complexity index is 595. The Morgan fingerprint density at radius 3 is 2.75 bits per heavy atom. The van der Waals surface area contributed by atoms with Crippen molar-refractivity contribution < 1.29 is 4.79 Å². The van der Waals surface area contributed by atoms with Crippen molar-refractivity contribution >= 4 is 17.5 Å². The van der Waals surface area contributed by atoms with Gasteiger partial charge in [-0.2, -0.15) is 0 Å². The van der Waals surface area contributed by atoms with Crippen LogP contribution < -0.4 is 0 Å². The molecule has 0 fully saturated rings. The second-order valence-electron chi connectivity index (χ2n) is 3.48. The van der Waals surface area contributed by atoms with E-state index < -0.39 is 0 Å². The molecule has 0 amide bonds. The van der Waals surface area contributed by atoms with Gasteiger partial charge in [-0.05, 0) is 30.5 Å². The summed E-state index contributed by atoms with van der Waals surface area (Å²) in [5.41, 5.74) is 2.74. The van der Waals surface area contributed by atoms with Crippen LogP contribution in [-0.2, 0) is 0 Å². The summed E-state index contributed by atoms with van der Waals surface area (Å²) < 4.78 is 0. The van der Waals surface area contributed by atoms with Crippen LogP contribution in [0, 0.1) is 0 Å². The van der Waals surface area contributed by atoms with Crippen LogP contribution in [0.15, 0.2) is 35.5 Å². The first-order valence-corrected chi connectivity index (χ1v) is 6.09. The number of carbonyl (C=O) groups excluding carboxylic acids is 1. The molecule has 0 bridgehead atoms. The summed E-state index contributed by atoms with van der Waals surface area (Å²) in [7, 11) is 0. The molecule has 3 rings (SSSR count). The zero-order valence-corrected chi connectivity index (χ0v) is 9.41. The van der Waals surface area contributed by atoms with Crippen LogP contribution in [0.5, 0.6) is 0 Å². The highest BCUT2D eigenvalue weighted by atomic mass is 32.2. The van der Waals surface area contributed by atoms with Crippen molar-refractivity contribution in [2.24, 2.45) is 0 Å². The molecule has 3 nitrogen and oxygen atoms in total. The molecule has 0 atom stereocenters. The minimum atomic E-state index is 0.0262. The van der Waals surface area contributed by atoms with Crippen molar-refractivity contribution in [2.75, 3.05) is 6.26 Å². The van der Waals surface area contributed by atoms with E-state index in [4.69, 9.17) is 0 Å². The summed E-state index contributed by atoms with van der Waals surface area (Å²) in [6.45, 7) is 0. The van der Waals surface area contributed by atoms with Gasteiger partial charge >= 0.3 is 0 Å². The Hall–Kier alpha value is -1.68. The molecule has 0 radical (unpaired) electrons. The Kier molecular flexibility index (Phi) is 2.04. The lowest BCUT2D eigenvalue weighted by molar-refractivity contribution is 0.104. The van der Waals surface area contributed by atoms with Crippen LogP contribution in [0.4, 0.5) is 0 Å². The van der Waals surface area contributed by atoms with Crippen LogP contribution in [0.25, 0.3) is 11.4 Å². The average Bonchev–Trinajstić information content (AvgIpc) is 2.64. The smallest absolute Gasteiger partial charge is 0.197 e. The van der Waals surface area contributed by atoms with Crippen LogP contribution in [0.3, 0.4) is 0 Å². The van der Waals surface area contributed by atoms with Crippen LogP contribution in [-0.4, -0.2) is 22.0 Å². The highest BCUT2D eigenvalue weighted by Gasteiger charge is 2.28. The molecule has 2 aromatic heterocycles. The maximum Gasteiger partial charge on any atom is 0.197 e. The monoisotopic (exact) mass is 228 g/mol. The highest BCUT2D eigenvalue weighted by Crippen LogP contribution is 2.34. The molecule has 78 valence electrons. The fourth-order valence-electron chi connectivity index (χ4n) is 1.84. The molecule has 4 heteroatoms. The lowest BCUT2D eigenvalue weighted by atomic mass is 10.1. The average molecular weight is 228 g/mol. The minimum Gasteiger partial charge on any atom is -0.288 e. The van der Waals surface area contributed by atoms with Gasteiger partial charge in [0.25, 0.3) is 0 Å².